The molecule has 0 radical (unpaired) electrons. The molecule has 1 aliphatic rings. The highest BCUT2D eigenvalue weighted by Crippen LogP contribution is 2.26. The zero-order valence-corrected chi connectivity index (χ0v) is 7.21. The molecule has 2 nitrogen and oxygen atoms in total. The van der Waals surface area contributed by atoms with Gasteiger partial charge >= 0.3 is 0 Å². The van der Waals surface area contributed by atoms with Crippen molar-refractivity contribution in [3.05, 3.63) is 12.7 Å². The van der Waals surface area contributed by atoms with Crippen LogP contribution in [0.15, 0.2) is 12.7 Å². The number of carbonyl (C=O) groups is 1. The first-order valence-corrected chi connectivity index (χ1v) is 4.13. The van der Waals surface area contributed by atoms with Gasteiger partial charge in [-0.2, -0.15) is 0 Å². The third-order valence-corrected chi connectivity index (χ3v) is 2.42. The van der Waals surface area contributed by atoms with Crippen molar-refractivity contribution in [2.75, 3.05) is 6.54 Å². The quantitative estimate of drug-likeness (QED) is 0.549. The highest BCUT2D eigenvalue weighted by molar-refractivity contribution is 5.87. The fourth-order valence-corrected chi connectivity index (χ4v) is 1.73. The average molecular weight is 153 g/mol. The van der Waals surface area contributed by atoms with Crippen molar-refractivity contribution in [3.8, 4) is 0 Å². The molecule has 2 atom stereocenters. The fraction of sp³-hybridized carbons (Fsp3) is 0.667. The zero-order chi connectivity index (χ0) is 8.43. The predicted octanol–water partition coefficient (Wildman–Crippen LogP) is 1.43. The van der Waals surface area contributed by atoms with E-state index in [1.165, 1.54) is 6.08 Å². The van der Waals surface area contributed by atoms with Crippen molar-refractivity contribution in [1.82, 2.24) is 4.90 Å². The molecule has 0 unspecified atom stereocenters. The van der Waals surface area contributed by atoms with E-state index in [0.717, 1.165) is 13.0 Å². The van der Waals surface area contributed by atoms with Gasteiger partial charge in [-0.15, -0.1) is 0 Å². The molecule has 1 fully saturated rings. The van der Waals surface area contributed by atoms with Gasteiger partial charge in [-0.25, -0.2) is 0 Å². The third kappa shape index (κ3) is 1.30. The molecule has 0 saturated carbocycles. The normalized spacial score (nSPS) is 29.5. The van der Waals surface area contributed by atoms with E-state index in [2.05, 4.69) is 20.4 Å². The lowest BCUT2D eigenvalue weighted by molar-refractivity contribution is -0.137. The van der Waals surface area contributed by atoms with E-state index in [4.69, 9.17) is 0 Å². The molecular formula is C9H15NO. The molecule has 11 heavy (non-hydrogen) atoms. The first kappa shape index (κ1) is 8.31. The van der Waals surface area contributed by atoms with Gasteiger partial charge in [0.05, 0.1) is 0 Å². The van der Waals surface area contributed by atoms with E-state index in [1.807, 2.05) is 4.90 Å². The van der Waals surface area contributed by atoms with Crippen LogP contribution < -0.4 is 0 Å². The Hall–Kier alpha value is -0.790. The molecule has 1 aliphatic heterocycles. The number of hydrogen-bond acceptors (Lipinski definition) is 1. The van der Waals surface area contributed by atoms with Gasteiger partial charge in [0.15, 0.2) is 0 Å². The van der Waals surface area contributed by atoms with E-state index in [9.17, 15) is 4.79 Å². The lowest BCUT2D eigenvalue weighted by atomic mass is 9.88. The van der Waals surface area contributed by atoms with Crippen LogP contribution in [-0.2, 0) is 4.79 Å². The van der Waals surface area contributed by atoms with E-state index in [-0.39, 0.29) is 5.91 Å². The first-order valence-electron chi connectivity index (χ1n) is 4.13. The minimum absolute atomic E-state index is 0.0787. The van der Waals surface area contributed by atoms with Crippen molar-refractivity contribution >= 4 is 5.91 Å². The Morgan fingerprint density at radius 1 is 1.82 bits per heavy atom. The topological polar surface area (TPSA) is 20.3 Å². The van der Waals surface area contributed by atoms with Gasteiger partial charge in [-0.1, -0.05) is 20.4 Å². The molecule has 1 rings (SSSR count). The van der Waals surface area contributed by atoms with Crippen LogP contribution in [-0.4, -0.2) is 23.4 Å². The summed E-state index contributed by atoms with van der Waals surface area (Å²) in [5.74, 6) is 0.749. The number of rotatable bonds is 2. The van der Waals surface area contributed by atoms with Crippen molar-refractivity contribution in [2.24, 2.45) is 5.92 Å². The van der Waals surface area contributed by atoms with Crippen molar-refractivity contribution < 1.29 is 4.79 Å². The van der Waals surface area contributed by atoms with Crippen LogP contribution in [0.5, 0.6) is 0 Å². The molecule has 1 heterocycles. The van der Waals surface area contributed by atoms with Gasteiger partial charge in [0.25, 0.3) is 0 Å². The standard InChI is InChI=1S/C9H15NO/c1-4-8-7(3)6-10(8)9(11)5-2/h5,7-8H,2,4,6H2,1,3H3/t7-,8+/m1/s1. The summed E-state index contributed by atoms with van der Waals surface area (Å²) in [6.07, 6.45) is 2.45. The molecule has 0 aromatic rings. The van der Waals surface area contributed by atoms with Gasteiger partial charge in [-0.3, -0.25) is 4.79 Å². The second-order valence-corrected chi connectivity index (χ2v) is 3.15. The highest BCUT2D eigenvalue weighted by atomic mass is 16.2. The summed E-state index contributed by atoms with van der Waals surface area (Å²) in [5.41, 5.74) is 0. The van der Waals surface area contributed by atoms with Gasteiger partial charge in [-0.05, 0) is 18.4 Å². The molecule has 0 aromatic heterocycles. The number of nitrogens with zero attached hydrogens (tertiary/aromatic N) is 1. The largest absolute Gasteiger partial charge is 0.336 e. The SMILES string of the molecule is C=CC(=O)N1C[C@@H](C)[C@@H]1CC. The maximum absolute atomic E-state index is 11.1. The Labute approximate surface area is 67.9 Å². The second-order valence-electron chi connectivity index (χ2n) is 3.15. The van der Waals surface area contributed by atoms with Gasteiger partial charge < -0.3 is 4.90 Å². The van der Waals surface area contributed by atoms with Crippen LogP contribution in [0.2, 0.25) is 0 Å². The van der Waals surface area contributed by atoms with Crippen LogP contribution in [0.3, 0.4) is 0 Å². The first-order chi connectivity index (χ1) is 5.20. The summed E-state index contributed by atoms with van der Waals surface area (Å²) in [5, 5.41) is 0. The molecule has 0 spiro atoms. The minimum Gasteiger partial charge on any atom is -0.336 e. The molecule has 0 bridgehead atoms. The smallest absolute Gasteiger partial charge is 0.246 e. The van der Waals surface area contributed by atoms with Crippen molar-refractivity contribution in [3.63, 3.8) is 0 Å². The minimum atomic E-state index is 0.0787. The van der Waals surface area contributed by atoms with Gasteiger partial charge in [0.2, 0.25) is 5.91 Å². The van der Waals surface area contributed by atoms with E-state index in [1.54, 1.807) is 0 Å². The molecular weight excluding hydrogens is 138 g/mol. The lowest BCUT2D eigenvalue weighted by Gasteiger charge is -2.46. The van der Waals surface area contributed by atoms with Crippen molar-refractivity contribution in [2.45, 2.75) is 26.3 Å². The molecule has 0 N–H and O–H groups in total. The lowest BCUT2D eigenvalue weighted by Crippen LogP contribution is -2.56. The maximum atomic E-state index is 11.1. The summed E-state index contributed by atoms with van der Waals surface area (Å²) in [6, 6.07) is 0.459. The Balaban J connectivity index is 2.50. The third-order valence-electron chi connectivity index (χ3n) is 2.42. The van der Waals surface area contributed by atoms with Crippen LogP contribution in [0.25, 0.3) is 0 Å². The number of amides is 1. The Morgan fingerprint density at radius 2 is 2.45 bits per heavy atom. The second kappa shape index (κ2) is 3.07. The molecule has 62 valence electrons. The summed E-state index contributed by atoms with van der Waals surface area (Å²) in [6.45, 7) is 8.67. The summed E-state index contributed by atoms with van der Waals surface area (Å²) < 4.78 is 0. The van der Waals surface area contributed by atoms with Gasteiger partial charge in [0, 0.05) is 12.6 Å². The summed E-state index contributed by atoms with van der Waals surface area (Å²) >= 11 is 0. The molecule has 0 aliphatic carbocycles. The Morgan fingerprint density at radius 3 is 2.82 bits per heavy atom. The maximum Gasteiger partial charge on any atom is 0.246 e. The van der Waals surface area contributed by atoms with Gasteiger partial charge in [0.1, 0.15) is 0 Å². The van der Waals surface area contributed by atoms with E-state index < -0.39 is 0 Å². The molecule has 1 amide bonds. The fourth-order valence-electron chi connectivity index (χ4n) is 1.73. The molecule has 2 heteroatoms. The predicted molar refractivity (Wildman–Crippen MR) is 45.2 cm³/mol. The van der Waals surface area contributed by atoms with E-state index in [0.29, 0.717) is 12.0 Å². The van der Waals surface area contributed by atoms with E-state index >= 15 is 0 Å². The Bertz CT molecular complexity index is 176. The van der Waals surface area contributed by atoms with Crippen LogP contribution in [0.1, 0.15) is 20.3 Å². The monoisotopic (exact) mass is 153 g/mol. The summed E-state index contributed by atoms with van der Waals surface area (Å²) in [7, 11) is 0. The van der Waals surface area contributed by atoms with Crippen LogP contribution in [0.4, 0.5) is 0 Å². The number of carbonyl (C=O) groups excluding carboxylic acids is 1. The molecule has 1 saturated heterocycles. The highest BCUT2D eigenvalue weighted by Gasteiger charge is 2.35. The summed E-state index contributed by atoms with van der Waals surface area (Å²) in [4.78, 5) is 13.0. The molecule has 0 aromatic carbocycles. The zero-order valence-electron chi connectivity index (χ0n) is 7.21. The number of likely N-dealkylation sites (tertiary alicyclic amines) is 1. The average Bonchev–Trinajstić information content (AvgIpc) is 1.99. The van der Waals surface area contributed by atoms with Crippen LogP contribution in [0, 0.1) is 5.92 Å². The van der Waals surface area contributed by atoms with Crippen molar-refractivity contribution in [1.29, 1.82) is 0 Å². The Kier molecular flexibility index (Phi) is 2.32. The van der Waals surface area contributed by atoms with Crippen LogP contribution >= 0.6 is 0 Å². The number of hydrogen-bond donors (Lipinski definition) is 0.